The van der Waals surface area contributed by atoms with Crippen LogP contribution in [0.2, 0.25) is 0 Å². The maximum Gasteiger partial charge on any atom is 0.254 e. The second-order valence-electron chi connectivity index (χ2n) is 11.2. The summed E-state index contributed by atoms with van der Waals surface area (Å²) < 4.78 is 0. The Kier molecular flexibility index (Phi) is 5.36. The van der Waals surface area contributed by atoms with E-state index in [0.717, 1.165) is 29.0 Å². The molecule has 168 valence electrons. The van der Waals surface area contributed by atoms with Gasteiger partial charge in [-0.25, -0.2) is 0 Å². The van der Waals surface area contributed by atoms with Gasteiger partial charge in [-0.1, -0.05) is 19.9 Å². The van der Waals surface area contributed by atoms with E-state index in [0.29, 0.717) is 24.9 Å². The summed E-state index contributed by atoms with van der Waals surface area (Å²) in [5, 5.41) is 13.0. The predicted molar refractivity (Wildman–Crippen MR) is 121 cm³/mol. The number of hydrogen-bond acceptors (Lipinski definition) is 3. The molecule has 4 saturated carbocycles. The first kappa shape index (κ1) is 21.0. The zero-order valence-electron chi connectivity index (χ0n) is 18.9. The normalized spacial score (nSPS) is 32.3. The van der Waals surface area contributed by atoms with Gasteiger partial charge in [0.05, 0.1) is 12.6 Å². The molecule has 5 heteroatoms. The predicted octanol–water partition coefficient (Wildman–Crippen LogP) is 4.25. The van der Waals surface area contributed by atoms with Gasteiger partial charge in [-0.3, -0.25) is 9.59 Å². The average molecular weight is 425 g/mol. The van der Waals surface area contributed by atoms with Gasteiger partial charge in [0, 0.05) is 24.2 Å². The van der Waals surface area contributed by atoms with E-state index < -0.39 is 0 Å². The Bertz CT molecular complexity index is 842. The summed E-state index contributed by atoms with van der Waals surface area (Å²) in [6, 6.07) is 5.48. The van der Waals surface area contributed by atoms with Gasteiger partial charge in [-0.2, -0.15) is 0 Å². The summed E-state index contributed by atoms with van der Waals surface area (Å²) in [5.41, 5.74) is 2.62. The molecule has 0 saturated heterocycles. The summed E-state index contributed by atoms with van der Waals surface area (Å²) in [7, 11) is 0. The van der Waals surface area contributed by atoms with E-state index in [1.165, 1.54) is 38.5 Å². The molecular weight excluding hydrogens is 388 g/mol. The average Bonchev–Trinajstić information content (AvgIpc) is 2.69. The van der Waals surface area contributed by atoms with Crippen molar-refractivity contribution in [2.75, 3.05) is 18.5 Å². The van der Waals surface area contributed by atoms with E-state index in [-0.39, 0.29) is 35.8 Å². The molecule has 2 N–H and O–H groups in total. The first-order valence-corrected chi connectivity index (χ1v) is 12.2. The zero-order valence-corrected chi connectivity index (χ0v) is 18.9. The monoisotopic (exact) mass is 424 g/mol. The van der Waals surface area contributed by atoms with Crippen molar-refractivity contribution in [3.05, 3.63) is 29.3 Å². The standard InChI is InChI=1S/C26H36N2O3/c1-16(2)23(15-29)28-7-6-20-21(25(28)31)4-3-5-22(20)27-24(30)14-26-11-17-8-18(12-26)10-19(9-17)13-26/h3-5,16-19,23,29H,6-15H2,1-2H3,(H,27,30). The molecule has 1 unspecified atom stereocenters. The smallest absolute Gasteiger partial charge is 0.254 e. The highest BCUT2D eigenvalue weighted by Gasteiger charge is 2.51. The Morgan fingerprint density at radius 3 is 2.39 bits per heavy atom. The van der Waals surface area contributed by atoms with Crippen LogP contribution in [0.25, 0.3) is 0 Å². The number of anilines is 1. The van der Waals surface area contributed by atoms with Crippen LogP contribution in [0.1, 0.15) is 74.7 Å². The molecule has 4 fully saturated rings. The molecular formula is C26H36N2O3. The summed E-state index contributed by atoms with van der Waals surface area (Å²) in [6.45, 7) is 4.62. The van der Waals surface area contributed by atoms with Gasteiger partial charge in [0.1, 0.15) is 0 Å². The van der Waals surface area contributed by atoms with Crippen molar-refractivity contribution in [1.82, 2.24) is 4.90 Å². The maximum atomic E-state index is 13.2. The van der Waals surface area contributed by atoms with Gasteiger partial charge in [0.25, 0.3) is 5.91 Å². The molecule has 1 atom stereocenters. The van der Waals surface area contributed by atoms with Crippen LogP contribution in [0.5, 0.6) is 0 Å². The largest absolute Gasteiger partial charge is 0.394 e. The number of hydrogen-bond donors (Lipinski definition) is 2. The van der Waals surface area contributed by atoms with Crippen LogP contribution in [-0.4, -0.2) is 41.0 Å². The number of benzene rings is 1. The molecule has 1 heterocycles. The third kappa shape index (κ3) is 3.79. The Morgan fingerprint density at radius 1 is 1.16 bits per heavy atom. The lowest BCUT2D eigenvalue weighted by molar-refractivity contribution is -0.124. The van der Waals surface area contributed by atoms with E-state index >= 15 is 0 Å². The second kappa shape index (κ2) is 7.91. The number of aliphatic hydroxyl groups is 1. The summed E-state index contributed by atoms with van der Waals surface area (Å²) in [4.78, 5) is 28.1. The highest BCUT2D eigenvalue weighted by atomic mass is 16.3. The minimum Gasteiger partial charge on any atom is -0.394 e. The number of nitrogens with zero attached hydrogens (tertiary/aromatic N) is 1. The topological polar surface area (TPSA) is 69.6 Å². The molecule has 6 rings (SSSR count). The Morgan fingerprint density at radius 2 is 1.81 bits per heavy atom. The summed E-state index contributed by atoms with van der Waals surface area (Å²) >= 11 is 0. The van der Waals surface area contributed by atoms with Gasteiger partial charge in [0.15, 0.2) is 0 Å². The van der Waals surface area contributed by atoms with Crippen molar-refractivity contribution in [3.63, 3.8) is 0 Å². The Balaban J connectivity index is 1.31. The molecule has 0 radical (unpaired) electrons. The number of aliphatic hydroxyl groups excluding tert-OH is 1. The van der Waals surface area contributed by atoms with Crippen LogP contribution >= 0.6 is 0 Å². The van der Waals surface area contributed by atoms with Crippen LogP contribution in [0.4, 0.5) is 5.69 Å². The molecule has 4 bridgehead atoms. The van der Waals surface area contributed by atoms with E-state index in [4.69, 9.17) is 0 Å². The van der Waals surface area contributed by atoms with Gasteiger partial charge in [-0.05, 0) is 91.7 Å². The quantitative estimate of drug-likeness (QED) is 0.717. The van der Waals surface area contributed by atoms with E-state index in [9.17, 15) is 14.7 Å². The minimum absolute atomic E-state index is 0.0275. The fraction of sp³-hybridized carbons (Fsp3) is 0.692. The number of amides is 2. The van der Waals surface area contributed by atoms with Gasteiger partial charge in [0.2, 0.25) is 5.91 Å². The molecule has 5 aliphatic rings. The second-order valence-corrected chi connectivity index (χ2v) is 11.2. The number of rotatable bonds is 6. The number of carbonyl (C=O) groups is 2. The molecule has 1 aliphatic heterocycles. The van der Waals surface area contributed by atoms with Crippen molar-refractivity contribution in [3.8, 4) is 0 Å². The first-order chi connectivity index (χ1) is 14.9. The molecule has 1 aromatic carbocycles. The molecule has 0 spiro atoms. The molecule has 5 nitrogen and oxygen atoms in total. The van der Waals surface area contributed by atoms with Gasteiger partial charge in [-0.15, -0.1) is 0 Å². The number of fused-ring (bicyclic) bond motifs is 1. The molecule has 1 aromatic rings. The zero-order chi connectivity index (χ0) is 21.8. The van der Waals surface area contributed by atoms with Gasteiger partial charge >= 0.3 is 0 Å². The van der Waals surface area contributed by atoms with Gasteiger partial charge < -0.3 is 15.3 Å². The Hall–Kier alpha value is -1.88. The fourth-order valence-corrected chi connectivity index (χ4v) is 7.69. The van der Waals surface area contributed by atoms with Crippen molar-refractivity contribution in [2.45, 2.75) is 71.3 Å². The number of carbonyl (C=O) groups excluding carboxylic acids is 2. The van der Waals surface area contributed by atoms with Crippen LogP contribution in [0.3, 0.4) is 0 Å². The van der Waals surface area contributed by atoms with E-state index in [1.54, 1.807) is 4.90 Å². The third-order valence-electron chi connectivity index (χ3n) is 8.60. The van der Waals surface area contributed by atoms with Crippen LogP contribution in [0.15, 0.2) is 18.2 Å². The first-order valence-electron chi connectivity index (χ1n) is 12.2. The van der Waals surface area contributed by atoms with Crippen LogP contribution in [0, 0.1) is 29.1 Å². The summed E-state index contributed by atoms with van der Waals surface area (Å²) in [5.74, 6) is 2.79. The van der Waals surface area contributed by atoms with Crippen molar-refractivity contribution < 1.29 is 14.7 Å². The fourth-order valence-electron chi connectivity index (χ4n) is 7.69. The summed E-state index contributed by atoms with van der Waals surface area (Å²) in [6.07, 6.45) is 9.17. The SMILES string of the molecule is CC(C)C(CO)N1CCc2c(NC(=O)CC34CC5CC(CC(C5)C3)C4)cccc2C1=O. The molecule has 4 aliphatic carbocycles. The minimum atomic E-state index is -0.171. The molecule has 0 aromatic heterocycles. The van der Waals surface area contributed by atoms with Crippen LogP contribution in [-0.2, 0) is 11.2 Å². The third-order valence-corrected chi connectivity index (χ3v) is 8.60. The van der Waals surface area contributed by atoms with Crippen LogP contribution < -0.4 is 5.32 Å². The van der Waals surface area contributed by atoms with Crippen molar-refractivity contribution >= 4 is 17.5 Å². The lowest BCUT2D eigenvalue weighted by Gasteiger charge is -2.56. The molecule has 31 heavy (non-hydrogen) atoms. The lowest BCUT2D eigenvalue weighted by Crippen LogP contribution is -2.49. The molecule has 2 amide bonds. The lowest BCUT2D eigenvalue weighted by atomic mass is 9.49. The highest BCUT2D eigenvalue weighted by molar-refractivity contribution is 6.00. The Labute approximate surface area is 185 Å². The van der Waals surface area contributed by atoms with E-state index in [1.807, 2.05) is 32.0 Å². The number of nitrogens with one attached hydrogen (secondary N) is 1. The highest BCUT2D eigenvalue weighted by Crippen LogP contribution is 2.61. The van der Waals surface area contributed by atoms with Crippen molar-refractivity contribution in [2.24, 2.45) is 29.1 Å². The maximum absolute atomic E-state index is 13.2. The van der Waals surface area contributed by atoms with Crippen molar-refractivity contribution in [1.29, 1.82) is 0 Å². The van der Waals surface area contributed by atoms with E-state index in [2.05, 4.69) is 5.32 Å².